The van der Waals surface area contributed by atoms with Gasteiger partial charge in [-0.2, -0.15) is 0 Å². The fourth-order valence-corrected chi connectivity index (χ4v) is 2.33. The minimum atomic E-state index is -0.170. The molecule has 114 valence electrons. The monoisotopic (exact) mass is 301 g/mol. The maximum Gasteiger partial charge on any atom is 0.265 e. The molecule has 7 nitrogen and oxygen atoms in total. The van der Waals surface area contributed by atoms with Crippen LogP contribution < -0.4 is 21.7 Å². The van der Waals surface area contributed by atoms with Gasteiger partial charge in [0.25, 0.3) is 5.91 Å². The van der Waals surface area contributed by atoms with E-state index in [1.165, 1.54) is 11.3 Å². The van der Waals surface area contributed by atoms with Gasteiger partial charge in [-0.1, -0.05) is 18.3 Å². The second-order valence-corrected chi connectivity index (χ2v) is 5.12. The van der Waals surface area contributed by atoms with Crippen LogP contribution in [0, 0.1) is 0 Å². The lowest BCUT2D eigenvalue weighted by Crippen LogP contribution is -2.27. The Morgan fingerprint density at radius 3 is 2.90 bits per heavy atom. The molecule has 1 aromatic heterocycles. The molecule has 0 atom stereocenters. The van der Waals surface area contributed by atoms with Crippen molar-refractivity contribution in [1.29, 1.82) is 0 Å². The van der Waals surface area contributed by atoms with Crippen LogP contribution in [0.2, 0.25) is 0 Å². The number of hydrogen-bond donors (Lipinski definition) is 4. The van der Waals surface area contributed by atoms with Crippen molar-refractivity contribution in [2.75, 3.05) is 50.9 Å². The van der Waals surface area contributed by atoms with E-state index >= 15 is 0 Å². The van der Waals surface area contributed by atoms with Gasteiger partial charge in [0.15, 0.2) is 5.13 Å². The molecule has 0 aliphatic carbocycles. The second-order valence-electron chi connectivity index (χ2n) is 4.12. The largest absolute Gasteiger partial charge is 0.383 e. The van der Waals surface area contributed by atoms with Crippen LogP contribution in [-0.2, 0) is 4.74 Å². The Hall–Kier alpha value is -1.38. The summed E-state index contributed by atoms with van der Waals surface area (Å²) in [5.41, 5.74) is 5.75. The highest BCUT2D eigenvalue weighted by molar-refractivity contribution is 7.18. The highest BCUT2D eigenvalue weighted by Gasteiger charge is 2.15. The van der Waals surface area contributed by atoms with Crippen molar-refractivity contribution >= 4 is 28.2 Å². The predicted octanol–water partition coefficient (Wildman–Crippen LogP) is 0.513. The van der Waals surface area contributed by atoms with Gasteiger partial charge < -0.3 is 26.4 Å². The van der Waals surface area contributed by atoms with Crippen LogP contribution in [0.25, 0.3) is 0 Å². The molecular weight excluding hydrogens is 278 g/mol. The van der Waals surface area contributed by atoms with Crippen molar-refractivity contribution in [3.8, 4) is 0 Å². The summed E-state index contributed by atoms with van der Waals surface area (Å²) in [6.07, 6.45) is 0.886. The summed E-state index contributed by atoms with van der Waals surface area (Å²) < 4.78 is 4.93. The number of nitrogens with one attached hydrogen (secondary N) is 3. The number of carbonyl (C=O) groups excluding carboxylic acids is 1. The number of carbonyl (C=O) groups is 1. The molecular formula is C12H23N5O2S. The molecule has 5 N–H and O–H groups in total. The van der Waals surface area contributed by atoms with Crippen molar-refractivity contribution in [1.82, 2.24) is 15.6 Å². The first kappa shape index (κ1) is 16.7. The van der Waals surface area contributed by atoms with Gasteiger partial charge in [-0.3, -0.25) is 4.79 Å². The Labute approximate surface area is 123 Å². The van der Waals surface area contributed by atoms with Crippen molar-refractivity contribution in [3.05, 3.63) is 4.88 Å². The minimum absolute atomic E-state index is 0.170. The van der Waals surface area contributed by atoms with Gasteiger partial charge in [-0.05, 0) is 19.5 Å². The molecule has 0 radical (unpaired) electrons. The summed E-state index contributed by atoms with van der Waals surface area (Å²) in [6, 6.07) is 0. The highest BCUT2D eigenvalue weighted by atomic mass is 32.1. The van der Waals surface area contributed by atoms with Crippen LogP contribution in [0.5, 0.6) is 0 Å². The SMILES string of the molecule is CCNCCCNC(=O)c1sc(NCCOC)nc1N. The number of anilines is 2. The summed E-state index contributed by atoms with van der Waals surface area (Å²) >= 11 is 1.26. The van der Waals surface area contributed by atoms with Gasteiger partial charge in [-0.25, -0.2) is 4.98 Å². The molecule has 1 rings (SSSR count). The van der Waals surface area contributed by atoms with Crippen molar-refractivity contribution in [3.63, 3.8) is 0 Å². The first-order chi connectivity index (χ1) is 9.69. The third kappa shape index (κ3) is 5.72. The molecule has 0 aromatic carbocycles. The van der Waals surface area contributed by atoms with Crippen molar-refractivity contribution in [2.45, 2.75) is 13.3 Å². The topological polar surface area (TPSA) is 101 Å². The Balaban J connectivity index is 2.39. The Kier molecular flexibility index (Phi) is 7.93. The maximum absolute atomic E-state index is 11.9. The molecule has 0 aliphatic heterocycles. The van der Waals surface area contributed by atoms with Gasteiger partial charge >= 0.3 is 0 Å². The quantitative estimate of drug-likeness (QED) is 0.470. The molecule has 1 aromatic rings. The van der Waals surface area contributed by atoms with E-state index in [4.69, 9.17) is 10.5 Å². The van der Waals surface area contributed by atoms with E-state index in [1.807, 2.05) is 0 Å². The Morgan fingerprint density at radius 2 is 2.20 bits per heavy atom. The Morgan fingerprint density at radius 1 is 1.40 bits per heavy atom. The fraction of sp³-hybridized carbons (Fsp3) is 0.667. The molecule has 0 bridgehead atoms. The van der Waals surface area contributed by atoms with E-state index in [0.717, 1.165) is 19.5 Å². The van der Waals surface area contributed by atoms with Gasteiger partial charge in [0.2, 0.25) is 0 Å². The average molecular weight is 301 g/mol. The number of methoxy groups -OCH3 is 1. The van der Waals surface area contributed by atoms with E-state index in [2.05, 4.69) is 27.9 Å². The number of nitrogen functional groups attached to an aromatic ring is 1. The number of nitrogens with two attached hydrogens (primary N) is 1. The number of hydrogen-bond acceptors (Lipinski definition) is 7. The van der Waals surface area contributed by atoms with Crippen LogP contribution in [0.1, 0.15) is 23.0 Å². The first-order valence-electron chi connectivity index (χ1n) is 6.67. The number of ether oxygens (including phenoxy) is 1. The molecule has 1 amide bonds. The number of nitrogens with zero attached hydrogens (tertiary/aromatic N) is 1. The van der Waals surface area contributed by atoms with Crippen LogP contribution in [0.3, 0.4) is 0 Å². The standard InChI is InChI=1S/C12H23N5O2S/c1-3-14-5-4-6-15-11(18)9-10(13)17-12(20-9)16-7-8-19-2/h14H,3-8,13H2,1-2H3,(H,15,18)(H,16,17). The molecule has 0 saturated carbocycles. The normalized spacial score (nSPS) is 10.5. The van der Waals surface area contributed by atoms with Gasteiger partial charge in [0.05, 0.1) is 6.61 Å². The number of rotatable bonds is 10. The van der Waals surface area contributed by atoms with Crippen LogP contribution >= 0.6 is 11.3 Å². The summed E-state index contributed by atoms with van der Waals surface area (Å²) in [4.78, 5) is 16.5. The summed E-state index contributed by atoms with van der Waals surface area (Å²) in [6.45, 7) is 5.70. The van der Waals surface area contributed by atoms with Gasteiger partial charge in [0, 0.05) is 20.2 Å². The fourth-order valence-electron chi connectivity index (χ4n) is 1.50. The number of thiazole rings is 1. The lowest BCUT2D eigenvalue weighted by molar-refractivity contribution is 0.0958. The molecule has 20 heavy (non-hydrogen) atoms. The summed E-state index contributed by atoms with van der Waals surface area (Å²) in [5.74, 6) is 0.0930. The molecule has 0 fully saturated rings. The summed E-state index contributed by atoms with van der Waals surface area (Å²) in [5, 5.41) is 9.73. The first-order valence-corrected chi connectivity index (χ1v) is 7.48. The zero-order valence-electron chi connectivity index (χ0n) is 12.0. The lowest BCUT2D eigenvalue weighted by atomic mass is 10.4. The van der Waals surface area contributed by atoms with Crippen LogP contribution in [0.4, 0.5) is 10.9 Å². The lowest BCUT2D eigenvalue weighted by Gasteiger charge is -2.04. The molecule has 0 unspecified atom stereocenters. The van der Waals surface area contributed by atoms with Gasteiger partial charge in [-0.15, -0.1) is 0 Å². The van der Waals surface area contributed by atoms with Gasteiger partial charge in [0.1, 0.15) is 10.7 Å². The van der Waals surface area contributed by atoms with E-state index in [9.17, 15) is 4.79 Å². The van der Waals surface area contributed by atoms with E-state index in [1.54, 1.807) is 7.11 Å². The summed E-state index contributed by atoms with van der Waals surface area (Å²) in [7, 11) is 1.63. The zero-order chi connectivity index (χ0) is 14.8. The van der Waals surface area contributed by atoms with E-state index < -0.39 is 0 Å². The van der Waals surface area contributed by atoms with Crippen LogP contribution in [0.15, 0.2) is 0 Å². The molecule has 1 heterocycles. The highest BCUT2D eigenvalue weighted by Crippen LogP contribution is 2.24. The number of amides is 1. The maximum atomic E-state index is 11.9. The number of aromatic nitrogens is 1. The van der Waals surface area contributed by atoms with Crippen molar-refractivity contribution < 1.29 is 9.53 Å². The van der Waals surface area contributed by atoms with Crippen molar-refractivity contribution in [2.24, 2.45) is 0 Å². The average Bonchev–Trinajstić information content (AvgIpc) is 2.80. The molecule has 8 heteroatoms. The minimum Gasteiger partial charge on any atom is -0.383 e. The Bertz CT molecular complexity index is 411. The molecule has 0 spiro atoms. The second kappa shape index (κ2) is 9.51. The van der Waals surface area contributed by atoms with E-state index in [0.29, 0.717) is 29.7 Å². The van der Waals surface area contributed by atoms with Crippen LogP contribution in [-0.4, -0.2) is 50.8 Å². The molecule has 0 aliphatic rings. The third-order valence-corrected chi connectivity index (χ3v) is 3.54. The third-order valence-electron chi connectivity index (χ3n) is 2.51. The predicted molar refractivity (Wildman–Crippen MR) is 82.4 cm³/mol. The molecule has 0 saturated heterocycles. The van der Waals surface area contributed by atoms with E-state index in [-0.39, 0.29) is 11.7 Å². The zero-order valence-corrected chi connectivity index (χ0v) is 12.8. The smallest absolute Gasteiger partial charge is 0.265 e.